The van der Waals surface area contributed by atoms with E-state index in [4.69, 9.17) is 4.43 Å². The fraction of sp³-hybridized carbons (Fsp3) is 0.588. The number of carbonyl (C=O) groups is 2. The lowest BCUT2D eigenvalue weighted by Gasteiger charge is -2.38. The molecule has 1 aliphatic heterocycles. The lowest BCUT2D eigenvalue weighted by atomic mass is 10.1. The van der Waals surface area contributed by atoms with Gasteiger partial charge in [0.05, 0.1) is 6.10 Å². The Morgan fingerprint density at radius 1 is 1.42 bits per heavy atom. The second-order valence-corrected chi connectivity index (χ2v) is 13.4. The number of nitrogens with zero attached hydrogens (tertiary/aromatic N) is 2. The zero-order valence-corrected chi connectivity index (χ0v) is 17.1. The van der Waals surface area contributed by atoms with E-state index in [0.717, 1.165) is 17.5 Å². The van der Waals surface area contributed by atoms with E-state index in [1.165, 1.54) is 4.31 Å². The summed E-state index contributed by atoms with van der Waals surface area (Å²) < 4.78 is 7.91. The molecule has 1 aromatic rings. The largest absolute Gasteiger partial charge is 0.410 e. The van der Waals surface area contributed by atoms with Gasteiger partial charge in [-0.1, -0.05) is 20.8 Å². The number of aromatic nitrogens is 1. The standard InChI is InChI=1S/C17H26N2O3SSi/c1-12(22-24(5,6)17(2,3)4)14-11-18-9-7-13(14)16(21)23-19-10-8-15(19)20/h7,9,11-12H,8,10H2,1-6H3/t12-/m1/s1. The molecular formula is C17H26N2O3SSi. The highest BCUT2D eigenvalue weighted by atomic mass is 32.2. The predicted octanol–water partition coefficient (Wildman–Crippen LogP) is 4.19. The summed E-state index contributed by atoms with van der Waals surface area (Å²) in [4.78, 5) is 28.2. The van der Waals surface area contributed by atoms with Crippen LogP contribution in [0.4, 0.5) is 0 Å². The summed E-state index contributed by atoms with van der Waals surface area (Å²) in [5.41, 5.74) is 1.36. The molecule has 0 N–H and O–H groups in total. The Morgan fingerprint density at radius 2 is 2.08 bits per heavy atom. The molecule has 1 aromatic heterocycles. The topological polar surface area (TPSA) is 59.5 Å². The van der Waals surface area contributed by atoms with Crippen molar-refractivity contribution in [1.82, 2.24) is 9.29 Å². The van der Waals surface area contributed by atoms with Crippen LogP contribution in [0.3, 0.4) is 0 Å². The molecule has 1 fully saturated rings. The van der Waals surface area contributed by atoms with Gasteiger partial charge in [0.15, 0.2) is 8.32 Å². The zero-order chi connectivity index (χ0) is 18.1. The first-order valence-corrected chi connectivity index (χ1v) is 11.9. The third-order valence-electron chi connectivity index (χ3n) is 4.79. The first kappa shape index (κ1) is 19.1. The number of hydrogen-bond donors (Lipinski definition) is 0. The third kappa shape index (κ3) is 4.07. The molecule has 1 aliphatic rings. The van der Waals surface area contributed by atoms with Gasteiger partial charge in [0, 0.05) is 48.4 Å². The van der Waals surface area contributed by atoms with Crippen LogP contribution in [-0.4, -0.2) is 35.2 Å². The molecule has 0 aliphatic carbocycles. The normalized spacial score (nSPS) is 16.8. The Labute approximate surface area is 149 Å². The van der Waals surface area contributed by atoms with Crippen LogP contribution in [0.15, 0.2) is 18.5 Å². The minimum atomic E-state index is -1.96. The van der Waals surface area contributed by atoms with Crippen LogP contribution in [-0.2, 0) is 9.22 Å². The van der Waals surface area contributed by atoms with Crippen molar-refractivity contribution in [2.45, 2.75) is 58.4 Å². The Balaban J connectivity index is 2.18. The average molecular weight is 367 g/mol. The number of carbonyl (C=O) groups excluding carboxylic acids is 2. The molecule has 7 heteroatoms. The minimum absolute atomic E-state index is 0.00882. The van der Waals surface area contributed by atoms with Crippen LogP contribution in [0.1, 0.15) is 56.1 Å². The Bertz CT molecular complexity index is 643. The minimum Gasteiger partial charge on any atom is -0.410 e. The molecule has 1 amide bonds. The first-order valence-electron chi connectivity index (χ1n) is 8.17. The number of β-lactam (4-membered cyclic amide) rings is 1. The van der Waals surface area contributed by atoms with Gasteiger partial charge < -0.3 is 4.43 Å². The van der Waals surface area contributed by atoms with Crippen LogP contribution in [0.25, 0.3) is 0 Å². The summed E-state index contributed by atoms with van der Waals surface area (Å²) in [6, 6.07) is 1.71. The highest BCUT2D eigenvalue weighted by molar-refractivity contribution is 8.12. The van der Waals surface area contributed by atoms with E-state index in [0.29, 0.717) is 18.5 Å². The maximum Gasteiger partial charge on any atom is 0.240 e. The van der Waals surface area contributed by atoms with Gasteiger partial charge in [-0.2, -0.15) is 0 Å². The highest BCUT2D eigenvalue weighted by Gasteiger charge is 2.39. The summed E-state index contributed by atoms with van der Waals surface area (Å²) >= 11 is 0.976. The van der Waals surface area contributed by atoms with E-state index in [2.05, 4.69) is 38.8 Å². The van der Waals surface area contributed by atoms with Gasteiger partial charge in [0.1, 0.15) is 0 Å². The quantitative estimate of drug-likeness (QED) is 0.444. The maximum atomic E-state index is 12.6. The molecule has 0 bridgehead atoms. The van der Waals surface area contributed by atoms with Crippen molar-refractivity contribution in [1.29, 1.82) is 0 Å². The van der Waals surface area contributed by atoms with Crippen molar-refractivity contribution < 1.29 is 14.0 Å². The van der Waals surface area contributed by atoms with Crippen LogP contribution in [0, 0.1) is 0 Å². The van der Waals surface area contributed by atoms with Gasteiger partial charge in [-0.25, -0.2) is 0 Å². The van der Waals surface area contributed by atoms with Crippen LogP contribution >= 0.6 is 11.9 Å². The summed E-state index contributed by atoms with van der Waals surface area (Å²) in [5, 5.41) is -0.0435. The van der Waals surface area contributed by atoms with Gasteiger partial charge in [-0.15, -0.1) is 0 Å². The van der Waals surface area contributed by atoms with Crippen molar-refractivity contribution in [3.63, 3.8) is 0 Å². The molecule has 132 valence electrons. The monoisotopic (exact) mass is 366 g/mol. The molecule has 0 aromatic carbocycles. The van der Waals surface area contributed by atoms with Gasteiger partial charge in [-0.3, -0.25) is 18.9 Å². The summed E-state index contributed by atoms with van der Waals surface area (Å²) in [5.74, 6) is 0.00882. The van der Waals surface area contributed by atoms with E-state index < -0.39 is 8.32 Å². The number of rotatable bonds is 5. The average Bonchev–Trinajstić information content (AvgIpc) is 2.49. The van der Waals surface area contributed by atoms with Crippen molar-refractivity contribution in [3.05, 3.63) is 29.6 Å². The van der Waals surface area contributed by atoms with Crippen LogP contribution in [0.5, 0.6) is 0 Å². The number of hydrogen-bond acceptors (Lipinski definition) is 5. The molecule has 24 heavy (non-hydrogen) atoms. The molecule has 0 unspecified atom stereocenters. The highest BCUT2D eigenvalue weighted by Crippen LogP contribution is 2.40. The van der Waals surface area contributed by atoms with Crippen LogP contribution in [0.2, 0.25) is 18.1 Å². The Hall–Kier alpha value is -1.18. The Morgan fingerprint density at radius 3 is 2.58 bits per heavy atom. The van der Waals surface area contributed by atoms with Gasteiger partial charge >= 0.3 is 0 Å². The van der Waals surface area contributed by atoms with E-state index in [9.17, 15) is 9.59 Å². The first-order chi connectivity index (χ1) is 11.0. The fourth-order valence-electron chi connectivity index (χ4n) is 2.14. The summed E-state index contributed by atoms with van der Waals surface area (Å²) in [7, 11) is -1.96. The molecule has 0 radical (unpaired) electrons. The number of pyridine rings is 1. The second-order valence-electron chi connectivity index (χ2n) is 7.61. The van der Waals surface area contributed by atoms with E-state index >= 15 is 0 Å². The molecule has 5 nitrogen and oxygen atoms in total. The molecule has 1 atom stereocenters. The number of amides is 1. The van der Waals surface area contributed by atoms with E-state index in [-0.39, 0.29) is 22.2 Å². The smallest absolute Gasteiger partial charge is 0.240 e. The lowest BCUT2D eigenvalue weighted by Crippen LogP contribution is -2.41. The second kappa shape index (κ2) is 6.97. The molecule has 1 saturated heterocycles. The van der Waals surface area contributed by atoms with Crippen LogP contribution < -0.4 is 0 Å². The van der Waals surface area contributed by atoms with Gasteiger partial charge in [0.2, 0.25) is 11.0 Å². The van der Waals surface area contributed by atoms with Crippen molar-refractivity contribution in [3.8, 4) is 0 Å². The van der Waals surface area contributed by atoms with E-state index in [1.54, 1.807) is 18.5 Å². The SMILES string of the molecule is C[C@@H](O[Si](C)(C)C(C)(C)C)c1cnccc1C(=O)SN1CCC1=O. The predicted molar refractivity (Wildman–Crippen MR) is 99.2 cm³/mol. The van der Waals surface area contributed by atoms with Crippen molar-refractivity contribution in [2.24, 2.45) is 0 Å². The molecule has 0 saturated carbocycles. The lowest BCUT2D eigenvalue weighted by molar-refractivity contribution is -0.132. The van der Waals surface area contributed by atoms with Gasteiger partial charge in [0.25, 0.3) is 0 Å². The Kier molecular flexibility index (Phi) is 5.56. The fourth-order valence-corrected chi connectivity index (χ4v) is 4.36. The van der Waals surface area contributed by atoms with Gasteiger partial charge in [-0.05, 0) is 31.1 Å². The van der Waals surface area contributed by atoms with Crippen molar-refractivity contribution in [2.75, 3.05) is 6.54 Å². The maximum absolute atomic E-state index is 12.6. The van der Waals surface area contributed by atoms with Crippen molar-refractivity contribution >= 4 is 31.3 Å². The molecule has 2 heterocycles. The molecular weight excluding hydrogens is 340 g/mol. The molecule has 0 spiro atoms. The third-order valence-corrected chi connectivity index (χ3v) is 10.3. The molecule has 2 rings (SSSR count). The summed E-state index contributed by atoms with van der Waals surface area (Å²) in [6.07, 6.45) is 3.61. The summed E-state index contributed by atoms with van der Waals surface area (Å²) in [6.45, 7) is 13.5. The van der Waals surface area contributed by atoms with E-state index in [1.807, 2.05) is 6.92 Å². The zero-order valence-electron chi connectivity index (χ0n) is 15.3.